The van der Waals surface area contributed by atoms with Gasteiger partial charge >= 0.3 is 5.69 Å². The Bertz CT molecular complexity index is 291. The Hall–Kier alpha value is -1.39. The summed E-state index contributed by atoms with van der Waals surface area (Å²) < 4.78 is 0. The molecule has 0 atom stereocenters. The average Bonchev–Trinajstić information content (AvgIpc) is 2.07. The lowest BCUT2D eigenvalue weighted by atomic mass is 10.5. The summed E-state index contributed by atoms with van der Waals surface area (Å²) in [5.41, 5.74) is -0.355. The third-order valence-corrected chi connectivity index (χ3v) is 1.64. The van der Waals surface area contributed by atoms with Crippen molar-refractivity contribution in [2.75, 3.05) is 18.0 Å². The van der Waals surface area contributed by atoms with Gasteiger partial charge in [-0.1, -0.05) is 0 Å². The van der Waals surface area contributed by atoms with E-state index in [0.29, 0.717) is 5.95 Å². The number of hydrogen-bond donors (Lipinski definition) is 1. The normalized spacial score (nSPS) is 9.83. The Labute approximate surface area is 70.5 Å². The van der Waals surface area contributed by atoms with Gasteiger partial charge in [-0.3, -0.25) is 4.98 Å². The Morgan fingerprint density at radius 3 is 2.58 bits per heavy atom. The van der Waals surface area contributed by atoms with Gasteiger partial charge in [0.25, 0.3) is 0 Å². The third kappa shape index (κ3) is 1.81. The predicted octanol–water partition coefficient (Wildman–Crippen LogP) is 0.0111. The highest BCUT2D eigenvalue weighted by molar-refractivity contribution is 5.25. The molecule has 12 heavy (non-hydrogen) atoms. The third-order valence-electron chi connectivity index (χ3n) is 1.64. The van der Waals surface area contributed by atoms with Crippen LogP contribution in [0.15, 0.2) is 11.1 Å². The average molecular weight is 168 g/mol. The molecule has 0 saturated heterocycles. The van der Waals surface area contributed by atoms with E-state index in [-0.39, 0.29) is 5.69 Å². The van der Waals surface area contributed by atoms with E-state index in [1.165, 1.54) is 6.33 Å². The quantitative estimate of drug-likeness (QED) is 0.690. The Kier molecular flexibility index (Phi) is 2.79. The molecule has 0 bridgehead atoms. The van der Waals surface area contributed by atoms with E-state index in [1.54, 1.807) is 0 Å². The number of aromatic nitrogens is 3. The number of anilines is 1. The first-order chi connectivity index (χ1) is 5.77. The van der Waals surface area contributed by atoms with Crippen LogP contribution in [0.2, 0.25) is 0 Å². The van der Waals surface area contributed by atoms with Crippen molar-refractivity contribution in [2.24, 2.45) is 0 Å². The van der Waals surface area contributed by atoms with Crippen molar-refractivity contribution in [1.82, 2.24) is 15.0 Å². The molecule has 1 rings (SSSR count). The molecule has 0 spiro atoms. The highest BCUT2D eigenvalue weighted by Crippen LogP contribution is 1.99. The van der Waals surface area contributed by atoms with Crippen LogP contribution in [0.3, 0.4) is 0 Å². The Balaban J connectivity index is 2.93. The largest absolute Gasteiger partial charge is 0.349 e. The van der Waals surface area contributed by atoms with Gasteiger partial charge in [0.2, 0.25) is 5.95 Å². The lowest BCUT2D eigenvalue weighted by Crippen LogP contribution is -2.27. The van der Waals surface area contributed by atoms with Crippen molar-refractivity contribution < 1.29 is 0 Å². The maximum atomic E-state index is 10.8. The van der Waals surface area contributed by atoms with Crippen molar-refractivity contribution in [3.8, 4) is 0 Å². The molecule has 0 saturated carbocycles. The van der Waals surface area contributed by atoms with Crippen molar-refractivity contribution in [1.29, 1.82) is 0 Å². The van der Waals surface area contributed by atoms with Crippen LogP contribution in [0, 0.1) is 0 Å². The van der Waals surface area contributed by atoms with Crippen molar-refractivity contribution in [3.05, 3.63) is 16.8 Å². The number of aromatic amines is 1. The minimum Gasteiger partial charge on any atom is -0.343 e. The number of hydrogen-bond acceptors (Lipinski definition) is 4. The maximum Gasteiger partial charge on any atom is 0.349 e. The van der Waals surface area contributed by atoms with Crippen molar-refractivity contribution in [3.63, 3.8) is 0 Å². The molecule has 0 fully saturated rings. The van der Waals surface area contributed by atoms with Gasteiger partial charge < -0.3 is 4.90 Å². The second-order valence-electron chi connectivity index (χ2n) is 2.30. The minimum absolute atomic E-state index is 0.355. The van der Waals surface area contributed by atoms with Crippen LogP contribution < -0.4 is 10.6 Å². The number of rotatable bonds is 3. The summed E-state index contributed by atoms with van der Waals surface area (Å²) in [6.45, 7) is 5.65. The molecule has 0 aliphatic carbocycles. The van der Waals surface area contributed by atoms with Gasteiger partial charge in [0.05, 0.1) is 0 Å². The summed E-state index contributed by atoms with van der Waals surface area (Å²) in [5.74, 6) is 0.583. The molecule has 66 valence electrons. The summed E-state index contributed by atoms with van der Waals surface area (Å²) >= 11 is 0. The molecule has 0 amide bonds. The Morgan fingerprint density at radius 1 is 1.42 bits per heavy atom. The second kappa shape index (κ2) is 3.85. The number of nitrogens with zero attached hydrogens (tertiary/aromatic N) is 3. The first-order valence-electron chi connectivity index (χ1n) is 3.94. The SMILES string of the molecule is CCN(CC)c1ncnc(=O)[nH]1. The van der Waals surface area contributed by atoms with E-state index < -0.39 is 0 Å². The Morgan fingerprint density at radius 2 is 2.08 bits per heavy atom. The zero-order valence-corrected chi connectivity index (χ0v) is 7.24. The summed E-state index contributed by atoms with van der Waals surface area (Å²) in [7, 11) is 0. The molecule has 0 radical (unpaired) electrons. The first-order valence-corrected chi connectivity index (χ1v) is 3.94. The number of H-pyrrole nitrogens is 1. The van der Waals surface area contributed by atoms with Crippen LogP contribution in [-0.2, 0) is 0 Å². The van der Waals surface area contributed by atoms with E-state index in [1.807, 2.05) is 18.7 Å². The lowest BCUT2D eigenvalue weighted by Gasteiger charge is -2.17. The van der Waals surface area contributed by atoms with Gasteiger partial charge in [0, 0.05) is 13.1 Å². The van der Waals surface area contributed by atoms with Crippen LogP contribution >= 0.6 is 0 Å². The molecule has 5 heteroatoms. The molecule has 0 aromatic carbocycles. The summed E-state index contributed by atoms with van der Waals surface area (Å²) in [4.78, 5) is 22.7. The van der Waals surface area contributed by atoms with Crippen LogP contribution in [0.25, 0.3) is 0 Å². The lowest BCUT2D eigenvalue weighted by molar-refractivity contribution is 0.801. The molecule has 0 unspecified atom stereocenters. The van der Waals surface area contributed by atoms with Crippen LogP contribution in [-0.4, -0.2) is 28.0 Å². The molecular formula is C7H12N4O. The zero-order chi connectivity index (χ0) is 8.97. The van der Waals surface area contributed by atoms with Crippen LogP contribution in [0.4, 0.5) is 5.95 Å². The summed E-state index contributed by atoms with van der Waals surface area (Å²) in [6, 6.07) is 0. The summed E-state index contributed by atoms with van der Waals surface area (Å²) in [5, 5.41) is 0. The van der Waals surface area contributed by atoms with Gasteiger partial charge in [-0.25, -0.2) is 9.78 Å². The van der Waals surface area contributed by atoms with Gasteiger partial charge in [-0.15, -0.1) is 0 Å². The van der Waals surface area contributed by atoms with Crippen LogP contribution in [0.5, 0.6) is 0 Å². The second-order valence-corrected chi connectivity index (χ2v) is 2.30. The van der Waals surface area contributed by atoms with E-state index in [2.05, 4.69) is 15.0 Å². The van der Waals surface area contributed by atoms with E-state index in [0.717, 1.165) is 13.1 Å². The van der Waals surface area contributed by atoms with Gasteiger partial charge in [-0.2, -0.15) is 4.98 Å². The van der Waals surface area contributed by atoms with Gasteiger partial charge in [-0.05, 0) is 13.8 Å². The minimum atomic E-state index is -0.355. The van der Waals surface area contributed by atoms with Gasteiger partial charge in [0.15, 0.2) is 0 Å². The first kappa shape index (κ1) is 8.70. The molecule has 1 N–H and O–H groups in total. The number of nitrogens with one attached hydrogen (secondary N) is 1. The molecule has 0 aliphatic rings. The molecule has 1 aromatic heterocycles. The fourth-order valence-corrected chi connectivity index (χ4v) is 0.980. The van der Waals surface area contributed by atoms with E-state index in [9.17, 15) is 4.79 Å². The predicted molar refractivity (Wildman–Crippen MR) is 46.2 cm³/mol. The molecular weight excluding hydrogens is 156 g/mol. The highest BCUT2D eigenvalue weighted by Gasteiger charge is 2.02. The highest BCUT2D eigenvalue weighted by atomic mass is 16.1. The summed E-state index contributed by atoms with van der Waals surface area (Å²) in [6.07, 6.45) is 1.27. The standard InChI is InChI=1S/C7H12N4O/c1-3-11(4-2)6-8-5-9-7(12)10-6/h5H,3-4H2,1-2H3,(H,8,9,10,12). The molecule has 5 nitrogen and oxygen atoms in total. The van der Waals surface area contributed by atoms with Crippen LogP contribution in [0.1, 0.15) is 13.8 Å². The van der Waals surface area contributed by atoms with E-state index in [4.69, 9.17) is 0 Å². The maximum absolute atomic E-state index is 10.8. The smallest absolute Gasteiger partial charge is 0.343 e. The molecule has 1 aromatic rings. The fourth-order valence-electron chi connectivity index (χ4n) is 0.980. The monoisotopic (exact) mass is 168 g/mol. The van der Waals surface area contributed by atoms with Gasteiger partial charge in [0.1, 0.15) is 6.33 Å². The van der Waals surface area contributed by atoms with Crippen molar-refractivity contribution in [2.45, 2.75) is 13.8 Å². The van der Waals surface area contributed by atoms with Crippen molar-refractivity contribution >= 4 is 5.95 Å². The molecule has 1 heterocycles. The molecule has 0 aliphatic heterocycles. The topological polar surface area (TPSA) is 61.9 Å². The van der Waals surface area contributed by atoms with E-state index >= 15 is 0 Å². The zero-order valence-electron chi connectivity index (χ0n) is 7.24. The fraction of sp³-hybridized carbons (Fsp3) is 0.571.